The van der Waals surface area contributed by atoms with Crippen LogP contribution in [0.3, 0.4) is 0 Å². The Morgan fingerprint density at radius 1 is 1.40 bits per heavy atom. The molecule has 0 aliphatic rings. The van der Waals surface area contributed by atoms with Crippen molar-refractivity contribution in [1.29, 1.82) is 0 Å². The van der Waals surface area contributed by atoms with Crippen molar-refractivity contribution in [3.63, 3.8) is 0 Å². The minimum Gasteiger partial charge on any atom is -0.387 e. The van der Waals surface area contributed by atoms with Gasteiger partial charge in [0.25, 0.3) is 5.91 Å². The third-order valence-electron chi connectivity index (χ3n) is 3.23. The van der Waals surface area contributed by atoms with Crippen LogP contribution in [0.4, 0.5) is 5.69 Å². The number of hydrogen-bond acceptors (Lipinski definition) is 5. The molecule has 6 nitrogen and oxygen atoms in total. The third kappa shape index (κ3) is 3.69. The van der Waals surface area contributed by atoms with E-state index in [1.807, 2.05) is 6.92 Å². The molecule has 0 atom stereocenters. The maximum atomic E-state index is 12.1. The largest absolute Gasteiger partial charge is 0.387 e. The number of nitrogens with zero attached hydrogens (tertiary/aromatic N) is 1. The number of hydrogen-bond donors (Lipinski definition) is 2. The molecule has 1 amide bonds. The van der Waals surface area contributed by atoms with Crippen LogP contribution in [-0.2, 0) is 9.84 Å². The molecule has 0 aliphatic heterocycles. The summed E-state index contributed by atoms with van der Waals surface area (Å²) in [6.07, 6.45) is 2.63. The van der Waals surface area contributed by atoms with E-state index >= 15 is 0 Å². The van der Waals surface area contributed by atoms with Crippen LogP contribution in [0.15, 0.2) is 12.3 Å². The Kier molecular flexibility index (Phi) is 4.75. The highest BCUT2D eigenvalue weighted by molar-refractivity contribution is 7.92. The summed E-state index contributed by atoms with van der Waals surface area (Å²) in [5, 5.41) is 5.57. The first kappa shape index (κ1) is 16.4. The lowest BCUT2D eigenvalue weighted by Crippen LogP contribution is -2.43. The second-order valence-electron chi connectivity index (χ2n) is 5.34. The first-order valence-electron chi connectivity index (χ1n) is 6.20. The zero-order chi connectivity index (χ0) is 15.6. The van der Waals surface area contributed by atoms with Gasteiger partial charge in [-0.05, 0) is 26.8 Å². The Morgan fingerprint density at radius 3 is 2.50 bits per heavy atom. The van der Waals surface area contributed by atoms with Gasteiger partial charge in [0.05, 0.1) is 16.0 Å². The summed E-state index contributed by atoms with van der Waals surface area (Å²) in [6, 6.07) is 1.76. The van der Waals surface area contributed by atoms with Crippen LogP contribution in [0.1, 0.15) is 29.9 Å². The van der Waals surface area contributed by atoms with E-state index in [1.165, 1.54) is 6.20 Å². The normalized spacial score (nSPS) is 12.1. The molecular formula is C13H21N3O3S. The van der Waals surface area contributed by atoms with Gasteiger partial charge in [-0.15, -0.1) is 0 Å². The number of amides is 1. The second kappa shape index (κ2) is 5.78. The quantitative estimate of drug-likeness (QED) is 0.846. The molecule has 1 rings (SSSR count). The van der Waals surface area contributed by atoms with Crippen molar-refractivity contribution in [2.45, 2.75) is 25.5 Å². The number of pyridine rings is 1. The molecule has 1 heterocycles. The molecule has 0 fully saturated rings. The van der Waals surface area contributed by atoms with Crippen LogP contribution in [0.25, 0.3) is 0 Å². The third-order valence-corrected chi connectivity index (χ3v) is 5.38. The topological polar surface area (TPSA) is 88.2 Å². The summed E-state index contributed by atoms with van der Waals surface area (Å²) in [4.78, 5) is 16.2. The molecule has 1 aromatic heterocycles. The first-order valence-corrected chi connectivity index (χ1v) is 8.10. The van der Waals surface area contributed by atoms with E-state index in [0.717, 1.165) is 11.9 Å². The van der Waals surface area contributed by atoms with Crippen LogP contribution < -0.4 is 10.6 Å². The maximum absolute atomic E-state index is 12.1. The number of carbonyl (C=O) groups is 1. The monoisotopic (exact) mass is 299 g/mol. The van der Waals surface area contributed by atoms with Gasteiger partial charge in [-0.2, -0.15) is 0 Å². The Bertz CT molecular complexity index is 609. The lowest BCUT2D eigenvalue weighted by Gasteiger charge is -2.23. The van der Waals surface area contributed by atoms with Crippen LogP contribution in [0.2, 0.25) is 0 Å². The Balaban J connectivity index is 2.88. The molecule has 0 aromatic carbocycles. The summed E-state index contributed by atoms with van der Waals surface area (Å²) in [6.45, 7) is 5.03. The molecule has 0 unspecified atom stereocenters. The van der Waals surface area contributed by atoms with Crippen molar-refractivity contribution in [2.75, 3.05) is 25.2 Å². The Hall–Kier alpha value is -1.63. The SMILES string of the molecule is CNc1cc(C)ncc1C(=O)NCC(C)(C)S(C)(=O)=O. The van der Waals surface area contributed by atoms with Crippen molar-refractivity contribution in [3.8, 4) is 0 Å². The zero-order valence-electron chi connectivity index (χ0n) is 12.4. The predicted molar refractivity (Wildman–Crippen MR) is 79.8 cm³/mol. The summed E-state index contributed by atoms with van der Waals surface area (Å²) in [7, 11) is -1.53. The fraction of sp³-hybridized carbons (Fsp3) is 0.538. The number of nitrogens with one attached hydrogen (secondary N) is 2. The van der Waals surface area contributed by atoms with Gasteiger partial charge < -0.3 is 10.6 Å². The fourth-order valence-corrected chi connectivity index (χ4v) is 1.80. The highest BCUT2D eigenvalue weighted by atomic mass is 32.2. The van der Waals surface area contributed by atoms with E-state index in [9.17, 15) is 13.2 Å². The molecule has 1 aromatic rings. The van der Waals surface area contributed by atoms with Gasteiger partial charge in [0.15, 0.2) is 9.84 Å². The van der Waals surface area contributed by atoms with Crippen LogP contribution in [0.5, 0.6) is 0 Å². The molecule has 7 heteroatoms. The van der Waals surface area contributed by atoms with Gasteiger partial charge in [0, 0.05) is 31.7 Å². The molecule has 0 spiro atoms. The van der Waals surface area contributed by atoms with E-state index in [1.54, 1.807) is 27.0 Å². The molecule has 2 N–H and O–H groups in total. The van der Waals surface area contributed by atoms with E-state index in [0.29, 0.717) is 11.3 Å². The number of carbonyl (C=O) groups excluding carboxylic acids is 1. The van der Waals surface area contributed by atoms with E-state index in [2.05, 4.69) is 15.6 Å². The van der Waals surface area contributed by atoms with Gasteiger partial charge in [0.2, 0.25) is 0 Å². The van der Waals surface area contributed by atoms with E-state index < -0.39 is 14.6 Å². The molecule has 0 saturated heterocycles. The minimum atomic E-state index is -3.25. The van der Waals surface area contributed by atoms with Gasteiger partial charge in [-0.25, -0.2) is 8.42 Å². The summed E-state index contributed by atoms with van der Waals surface area (Å²) in [5.41, 5.74) is 1.84. The zero-order valence-corrected chi connectivity index (χ0v) is 13.3. The fourth-order valence-electron chi connectivity index (χ4n) is 1.47. The minimum absolute atomic E-state index is 0.0434. The predicted octanol–water partition coefficient (Wildman–Crippen LogP) is 0.985. The lowest BCUT2D eigenvalue weighted by atomic mass is 10.1. The Morgan fingerprint density at radius 2 is 2.00 bits per heavy atom. The average Bonchev–Trinajstić information content (AvgIpc) is 2.34. The molecular weight excluding hydrogens is 278 g/mol. The van der Waals surface area contributed by atoms with Crippen LogP contribution in [-0.4, -0.2) is 43.9 Å². The van der Waals surface area contributed by atoms with Crippen LogP contribution >= 0.6 is 0 Å². The van der Waals surface area contributed by atoms with Crippen molar-refractivity contribution >= 4 is 21.4 Å². The standard InChI is InChI=1S/C13H21N3O3S/c1-9-6-11(14-4)10(7-15-9)12(17)16-8-13(2,3)20(5,18)19/h6-7H,8H2,1-5H3,(H,14,15)(H,16,17). The summed E-state index contributed by atoms with van der Waals surface area (Å²) >= 11 is 0. The molecule has 0 radical (unpaired) electrons. The van der Waals surface area contributed by atoms with E-state index in [4.69, 9.17) is 0 Å². The molecule has 0 aliphatic carbocycles. The molecule has 0 bridgehead atoms. The smallest absolute Gasteiger partial charge is 0.255 e. The van der Waals surface area contributed by atoms with Gasteiger partial charge in [-0.1, -0.05) is 0 Å². The number of aromatic nitrogens is 1. The molecule has 112 valence electrons. The summed E-state index contributed by atoms with van der Waals surface area (Å²) < 4.78 is 22.2. The number of aryl methyl sites for hydroxylation is 1. The number of sulfone groups is 1. The van der Waals surface area contributed by atoms with Crippen molar-refractivity contribution in [2.24, 2.45) is 0 Å². The first-order chi connectivity index (χ1) is 9.08. The Labute approximate surface area is 119 Å². The highest BCUT2D eigenvalue weighted by Gasteiger charge is 2.30. The van der Waals surface area contributed by atoms with E-state index in [-0.39, 0.29) is 12.5 Å². The average molecular weight is 299 g/mol. The van der Waals surface area contributed by atoms with Crippen LogP contribution in [0, 0.1) is 6.92 Å². The lowest BCUT2D eigenvalue weighted by molar-refractivity contribution is 0.0951. The molecule has 0 saturated carbocycles. The number of rotatable bonds is 5. The molecule has 20 heavy (non-hydrogen) atoms. The number of anilines is 1. The maximum Gasteiger partial charge on any atom is 0.255 e. The highest BCUT2D eigenvalue weighted by Crippen LogP contribution is 2.17. The van der Waals surface area contributed by atoms with Gasteiger partial charge in [0.1, 0.15) is 0 Å². The summed E-state index contributed by atoms with van der Waals surface area (Å²) in [5.74, 6) is -0.349. The van der Waals surface area contributed by atoms with Gasteiger partial charge >= 0.3 is 0 Å². The van der Waals surface area contributed by atoms with Gasteiger partial charge in [-0.3, -0.25) is 9.78 Å². The second-order valence-corrected chi connectivity index (χ2v) is 7.99. The van der Waals surface area contributed by atoms with Crippen molar-refractivity contribution in [3.05, 3.63) is 23.5 Å². The van der Waals surface area contributed by atoms with Crippen molar-refractivity contribution in [1.82, 2.24) is 10.3 Å². The van der Waals surface area contributed by atoms with Crippen molar-refractivity contribution < 1.29 is 13.2 Å².